The number of rotatable bonds is 9. The topological polar surface area (TPSA) is 72.8 Å². The Morgan fingerprint density at radius 1 is 1.29 bits per heavy atom. The van der Waals surface area contributed by atoms with Gasteiger partial charge in [-0.2, -0.15) is 5.10 Å². The molecule has 146 valence electrons. The number of nitrogens with one attached hydrogen (secondary N) is 1. The number of hydrazone groups is 1. The summed E-state index contributed by atoms with van der Waals surface area (Å²) in [7, 11) is 1.59. The van der Waals surface area contributed by atoms with Gasteiger partial charge in [-0.05, 0) is 42.3 Å². The summed E-state index contributed by atoms with van der Waals surface area (Å²) in [4.78, 5) is 16.5. The number of carbonyl (C=O) groups excluding carboxylic acids is 1. The minimum Gasteiger partial charge on any atom is -0.493 e. The van der Waals surface area contributed by atoms with E-state index >= 15 is 0 Å². The SMILES string of the molecule is CCCOc1ccc(/C=N/NC(=O)CSc2nc3ccccc3s2)cc1OC. The van der Waals surface area contributed by atoms with Gasteiger partial charge in [-0.15, -0.1) is 11.3 Å². The van der Waals surface area contributed by atoms with Crippen molar-refractivity contribution in [3.63, 3.8) is 0 Å². The number of aromatic nitrogens is 1. The quantitative estimate of drug-likeness (QED) is 0.320. The van der Waals surface area contributed by atoms with Crippen LogP contribution in [0.25, 0.3) is 10.2 Å². The molecule has 28 heavy (non-hydrogen) atoms. The molecule has 0 fully saturated rings. The number of benzene rings is 2. The second-order valence-corrected chi connectivity index (χ2v) is 8.04. The number of nitrogens with zero attached hydrogens (tertiary/aromatic N) is 2. The van der Waals surface area contributed by atoms with E-state index in [0.29, 0.717) is 18.1 Å². The number of carbonyl (C=O) groups is 1. The lowest BCUT2D eigenvalue weighted by molar-refractivity contribution is -0.118. The average molecular weight is 416 g/mol. The summed E-state index contributed by atoms with van der Waals surface area (Å²) in [5, 5.41) is 4.01. The number of fused-ring (bicyclic) bond motifs is 1. The fourth-order valence-corrected chi connectivity index (χ4v) is 4.21. The minimum absolute atomic E-state index is 0.185. The van der Waals surface area contributed by atoms with Crippen LogP contribution in [0.15, 0.2) is 51.9 Å². The maximum atomic E-state index is 12.0. The zero-order chi connectivity index (χ0) is 19.8. The van der Waals surface area contributed by atoms with E-state index in [9.17, 15) is 4.79 Å². The molecule has 8 heteroatoms. The fourth-order valence-electron chi connectivity index (χ4n) is 2.35. The van der Waals surface area contributed by atoms with E-state index in [2.05, 4.69) is 15.5 Å². The number of amides is 1. The highest BCUT2D eigenvalue weighted by Crippen LogP contribution is 2.29. The molecular weight excluding hydrogens is 394 g/mol. The highest BCUT2D eigenvalue weighted by Gasteiger charge is 2.07. The first-order valence-electron chi connectivity index (χ1n) is 8.80. The van der Waals surface area contributed by atoms with Crippen LogP contribution >= 0.6 is 23.1 Å². The largest absolute Gasteiger partial charge is 0.493 e. The van der Waals surface area contributed by atoms with Crippen LogP contribution in [0.1, 0.15) is 18.9 Å². The Morgan fingerprint density at radius 2 is 2.14 bits per heavy atom. The van der Waals surface area contributed by atoms with Gasteiger partial charge in [0.1, 0.15) is 0 Å². The number of ether oxygens (including phenoxy) is 2. The Kier molecular flexibility index (Phi) is 7.27. The fraction of sp³-hybridized carbons (Fsp3) is 0.250. The van der Waals surface area contributed by atoms with Gasteiger partial charge in [0.05, 0.1) is 35.9 Å². The normalized spacial score (nSPS) is 11.1. The van der Waals surface area contributed by atoms with Crippen molar-refractivity contribution in [1.29, 1.82) is 0 Å². The van der Waals surface area contributed by atoms with Crippen LogP contribution in [-0.4, -0.2) is 36.6 Å². The lowest BCUT2D eigenvalue weighted by atomic mass is 10.2. The molecule has 0 saturated heterocycles. The van der Waals surface area contributed by atoms with Gasteiger partial charge in [-0.3, -0.25) is 4.79 Å². The van der Waals surface area contributed by atoms with Gasteiger partial charge in [0, 0.05) is 0 Å². The smallest absolute Gasteiger partial charge is 0.250 e. The van der Waals surface area contributed by atoms with E-state index in [0.717, 1.165) is 26.5 Å². The van der Waals surface area contributed by atoms with Gasteiger partial charge in [-0.25, -0.2) is 10.4 Å². The third-order valence-electron chi connectivity index (χ3n) is 3.65. The molecule has 0 spiro atoms. The van der Waals surface area contributed by atoms with E-state index < -0.39 is 0 Å². The molecule has 1 aromatic heterocycles. The van der Waals surface area contributed by atoms with Gasteiger partial charge in [0.2, 0.25) is 0 Å². The zero-order valence-corrected chi connectivity index (χ0v) is 17.3. The summed E-state index contributed by atoms with van der Waals surface area (Å²) in [5.41, 5.74) is 4.29. The lowest BCUT2D eigenvalue weighted by Crippen LogP contribution is -2.19. The second kappa shape index (κ2) is 10.1. The van der Waals surface area contributed by atoms with Gasteiger partial charge in [0.15, 0.2) is 15.8 Å². The molecule has 0 aliphatic heterocycles. The van der Waals surface area contributed by atoms with Crippen molar-refractivity contribution < 1.29 is 14.3 Å². The van der Waals surface area contributed by atoms with Crippen molar-refractivity contribution in [2.24, 2.45) is 5.10 Å². The molecule has 0 aliphatic rings. The van der Waals surface area contributed by atoms with Crippen LogP contribution in [0.2, 0.25) is 0 Å². The lowest BCUT2D eigenvalue weighted by Gasteiger charge is -2.10. The van der Waals surface area contributed by atoms with Crippen molar-refractivity contribution in [3.05, 3.63) is 48.0 Å². The van der Waals surface area contributed by atoms with Crippen molar-refractivity contribution in [2.45, 2.75) is 17.7 Å². The van der Waals surface area contributed by atoms with Crippen molar-refractivity contribution in [1.82, 2.24) is 10.4 Å². The van der Waals surface area contributed by atoms with Crippen molar-refractivity contribution in [2.75, 3.05) is 19.5 Å². The number of para-hydroxylation sites is 1. The van der Waals surface area contributed by atoms with E-state index in [1.54, 1.807) is 24.7 Å². The molecule has 1 N–H and O–H groups in total. The maximum Gasteiger partial charge on any atom is 0.250 e. The van der Waals surface area contributed by atoms with Gasteiger partial charge < -0.3 is 9.47 Å². The van der Waals surface area contributed by atoms with Gasteiger partial charge >= 0.3 is 0 Å². The first-order valence-corrected chi connectivity index (χ1v) is 10.6. The molecule has 3 aromatic rings. The Balaban J connectivity index is 1.51. The molecule has 0 bridgehead atoms. The van der Waals surface area contributed by atoms with E-state index in [4.69, 9.17) is 9.47 Å². The summed E-state index contributed by atoms with van der Waals surface area (Å²) in [6.45, 7) is 2.68. The number of thioether (sulfide) groups is 1. The molecule has 0 atom stereocenters. The van der Waals surface area contributed by atoms with Gasteiger partial charge in [0.25, 0.3) is 5.91 Å². The Morgan fingerprint density at radius 3 is 2.93 bits per heavy atom. The maximum absolute atomic E-state index is 12.0. The highest BCUT2D eigenvalue weighted by atomic mass is 32.2. The molecular formula is C20H21N3O3S2. The Labute approximate surface area is 172 Å². The van der Waals surface area contributed by atoms with E-state index in [1.807, 2.05) is 49.4 Å². The molecule has 1 amide bonds. The molecule has 0 radical (unpaired) electrons. The van der Waals surface area contributed by atoms with Crippen LogP contribution in [0, 0.1) is 0 Å². The van der Waals surface area contributed by atoms with Gasteiger partial charge in [-0.1, -0.05) is 30.8 Å². The predicted octanol–water partition coefficient (Wildman–Crippen LogP) is 4.34. The van der Waals surface area contributed by atoms with Crippen LogP contribution in [0.3, 0.4) is 0 Å². The number of hydrogen-bond donors (Lipinski definition) is 1. The summed E-state index contributed by atoms with van der Waals surface area (Å²) in [5.74, 6) is 1.40. The summed E-state index contributed by atoms with van der Waals surface area (Å²) >= 11 is 2.98. The third-order valence-corrected chi connectivity index (χ3v) is 5.83. The summed E-state index contributed by atoms with van der Waals surface area (Å²) in [6.07, 6.45) is 2.50. The van der Waals surface area contributed by atoms with Crippen LogP contribution in [0.5, 0.6) is 11.5 Å². The summed E-state index contributed by atoms with van der Waals surface area (Å²) < 4.78 is 12.9. The first kappa shape index (κ1) is 20.2. The van der Waals surface area contributed by atoms with Crippen LogP contribution in [-0.2, 0) is 4.79 Å². The molecule has 0 aliphatic carbocycles. The molecule has 0 unspecified atom stereocenters. The monoisotopic (exact) mass is 415 g/mol. The standard InChI is InChI=1S/C20H21N3O3S2/c1-3-10-26-16-9-8-14(11-17(16)25-2)12-21-23-19(24)13-27-20-22-15-6-4-5-7-18(15)28-20/h4-9,11-12H,3,10,13H2,1-2H3,(H,23,24)/b21-12+. The molecule has 0 saturated carbocycles. The minimum atomic E-state index is -0.185. The summed E-state index contributed by atoms with van der Waals surface area (Å²) in [6, 6.07) is 13.4. The number of thiazole rings is 1. The third kappa shape index (κ3) is 5.46. The molecule has 6 nitrogen and oxygen atoms in total. The second-order valence-electron chi connectivity index (χ2n) is 5.79. The Hall–Kier alpha value is -2.58. The van der Waals surface area contributed by atoms with E-state index in [1.165, 1.54) is 11.8 Å². The van der Waals surface area contributed by atoms with Crippen molar-refractivity contribution in [3.8, 4) is 11.5 Å². The molecule has 3 rings (SSSR count). The Bertz CT molecular complexity index is 939. The number of methoxy groups -OCH3 is 1. The van der Waals surface area contributed by atoms with Crippen molar-refractivity contribution >= 4 is 45.4 Å². The predicted molar refractivity (Wildman–Crippen MR) is 115 cm³/mol. The van der Waals surface area contributed by atoms with E-state index in [-0.39, 0.29) is 11.7 Å². The average Bonchev–Trinajstić information content (AvgIpc) is 3.14. The molecule has 1 heterocycles. The van der Waals surface area contributed by atoms with Crippen LogP contribution < -0.4 is 14.9 Å². The zero-order valence-electron chi connectivity index (χ0n) is 15.7. The van der Waals surface area contributed by atoms with Crippen LogP contribution in [0.4, 0.5) is 0 Å². The molecule has 2 aromatic carbocycles. The number of hydrogen-bond acceptors (Lipinski definition) is 7. The highest BCUT2D eigenvalue weighted by molar-refractivity contribution is 8.01. The first-order chi connectivity index (χ1) is 13.7.